The SMILES string of the molecule is C[C@H](NC1CC1)c1cn(CCCN)c(C(F)(F)F)n1. The van der Waals surface area contributed by atoms with E-state index in [1.807, 2.05) is 6.92 Å². The molecule has 0 unspecified atom stereocenters. The summed E-state index contributed by atoms with van der Waals surface area (Å²) in [6, 6.07) is 0.270. The zero-order chi connectivity index (χ0) is 14.0. The Kier molecular flexibility index (Phi) is 4.15. The van der Waals surface area contributed by atoms with Crippen LogP contribution in [0, 0.1) is 0 Å². The Balaban J connectivity index is 2.17. The van der Waals surface area contributed by atoms with Crippen molar-refractivity contribution < 1.29 is 13.2 Å². The first-order chi connectivity index (χ1) is 8.91. The van der Waals surface area contributed by atoms with Crippen LogP contribution in [-0.4, -0.2) is 22.1 Å². The van der Waals surface area contributed by atoms with E-state index in [0.717, 1.165) is 17.4 Å². The molecule has 0 spiro atoms. The molecule has 0 saturated heterocycles. The van der Waals surface area contributed by atoms with Crippen molar-refractivity contribution in [2.45, 2.75) is 51.0 Å². The molecular weight excluding hydrogens is 257 g/mol. The number of hydrogen-bond acceptors (Lipinski definition) is 3. The largest absolute Gasteiger partial charge is 0.449 e. The number of imidazole rings is 1. The van der Waals surface area contributed by atoms with Crippen molar-refractivity contribution in [2.75, 3.05) is 6.54 Å². The lowest BCUT2D eigenvalue weighted by molar-refractivity contribution is -0.147. The first-order valence-corrected chi connectivity index (χ1v) is 6.52. The minimum atomic E-state index is -4.42. The summed E-state index contributed by atoms with van der Waals surface area (Å²) in [6.45, 7) is 2.45. The van der Waals surface area contributed by atoms with E-state index in [4.69, 9.17) is 5.73 Å². The molecule has 1 saturated carbocycles. The van der Waals surface area contributed by atoms with Gasteiger partial charge in [-0.15, -0.1) is 0 Å². The molecule has 1 aliphatic rings. The van der Waals surface area contributed by atoms with Gasteiger partial charge in [0.1, 0.15) is 0 Å². The maximum Gasteiger partial charge on any atom is 0.449 e. The summed E-state index contributed by atoms with van der Waals surface area (Å²) in [5, 5.41) is 3.25. The molecular formula is C12H19F3N4. The van der Waals surface area contributed by atoms with Crippen molar-refractivity contribution in [3.8, 4) is 0 Å². The van der Waals surface area contributed by atoms with Gasteiger partial charge in [0.05, 0.1) is 5.69 Å². The van der Waals surface area contributed by atoms with E-state index in [1.165, 1.54) is 6.20 Å². The molecule has 1 aromatic heterocycles. The maximum absolute atomic E-state index is 12.9. The number of nitrogens with two attached hydrogens (primary N) is 1. The third-order valence-corrected chi connectivity index (χ3v) is 3.16. The summed E-state index contributed by atoms with van der Waals surface area (Å²) in [5.41, 5.74) is 5.79. The molecule has 0 bridgehead atoms. The first kappa shape index (κ1) is 14.3. The molecule has 0 aromatic carbocycles. The predicted molar refractivity (Wildman–Crippen MR) is 65.5 cm³/mol. The minimum Gasteiger partial charge on any atom is -0.330 e. The Labute approximate surface area is 110 Å². The van der Waals surface area contributed by atoms with Crippen LogP contribution < -0.4 is 11.1 Å². The molecule has 0 amide bonds. The average Bonchev–Trinajstić information content (AvgIpc) is 3.01. The van der Waals surface area contributed by atoms with Gasteiger partial charge in [-0.2, -0.15) is 13.2 Å². The highest BCUT2D eigenvalue weighted by atomic mass is 19.4. The third-order valence-electron chi connectivity index (χ3n) is 3.16. The third kappa shape index (κ3) is 3.70. The van der Waals surface area contributed by atoms with Gasteiger partial charge in [-0.1, -0.05) is 0 Å². The van der Waals surface area contributed by atoms with Gasteiger partial charge in [0.25, 0.3) is 0 Å². The Bertz CT molecular complexity index is 423. The van der Waals surface area contributed by atoms with Crippen LogP contribution >= 0.6 is 0 Å². The highest BCUT2D eigenvalue weighted by molar-refractivity contribution is 5.11. The molecule has 3 N–H and O–H groups in total. The topological polar surface area (TPSA) is 55.9 Å². The van der Waals surface area contributed by atoms with Gasteiger partial charge in [-0.25, -0.2) is 4.98 Å². The second-order valence-electron chi connectivity index (χ2n) is 4.99. The second-order valence-corrected chi connectivity index (χ2v) is 4.99. The van der Waals surface area contributed by atoms with Crippen molar-refractivity contribution in [1.82, 2.24) is 14.9 Å². The molecule has 108 valence electrons. The normalized spacial score (nSPS) is 17.7. The fourth-order valence-electron chi connectivity index (χ4n) is 1.99. The Hall–Kier alpha value is -1.08. The molecule has 1 atom stereocenters. The van der Waals surface area contributed by atoms with Crippen molar-refractivity contribution in [1.29, 1.82) is 0 Å². The highest BCUT2D eigenvalue weighted by Crippen LogP contribution is 2.30. The number of alkyl halides is 3. The Morgan fingerprint density at radius 1 is 1.53 bits per heavy atom. The maximum atomic E-state index is 12.9. The monoisotopic (exact) mass is 276 g/mol. The number of nitrogens with one attached hydrogen (secondary N) is 1. The lowest BCUT2D eigenvalue weighted by atomic mass is 10.2. The number of hydrogen-bond donors (Lipinski definition) is 2. The lowest BCUT2D eigenvalue weighted by Crippen LogP contribution is -2.21. The number of aromatic nitrogens is 2. The zero-order valence-electron chi connectivity index (χ0n) is 10.9. The first-order valence-electron chi connectivity index (χ1n) is 6.52. The molecule has 0 radical (unpaired) electrons. The molecule has 1 aromatic rings. The molecule has 1 fully saturated rings. The number of aryl methyl sites for hydroxylation is 1. The van der Waals surface area contributed by atoms with Gasteiger partial charge >= 0.3 is 6.18 Å². The van der Waals surface area contributed by atoms with Crippen LogP contribution in [-0.2, 0) is 12.7 Å². The zero-order valence-corrected chi connectivity index (χ0v) is 10.9. The summed E-state index contributed by atoms with van der Waals surface area (Å²) >= 11 is 0. The summed E-state index contributed by atoms with van der Waals surface area (Å²) in [7, 11) is 0. The van der Waals surface area contributed by atoms with E-state index in [-0.39, 0.29) is 12.6 Å². The molecule has 7 heteroatoms. The van der Waals surface area contributed by atoms with Crippen molar-refractivity contribution in [2.24, 2.45) is 5.73 Å². The van der Waals surface area contributed by atoms with Crippen LogP contribution in [0.5, 0.6) is 0 Å². The summed E-state index contributed by atoms with van der Waals surface area (Å²) in [6.07, 6.45) is -0.261. The van der Waals surface area contributed by atoms with Crippen LogP contribution in [0.4, 0.5) is 13.2 Å². The van der Waals surface area contributed by atoms with Gasteiger partial charge in [0.15, 0.2) is 0 Å². The number of halogens is 3. The van der Waals surface area contributed by atoms with E-state index >= 15 is 0 Å². The van der Waals surface area contributed by atoms with Crippen LogP contribution in [0.25, 0.3) is 0 Å². The average molecular weight is 276 g/mol. The second kappa shape index (κ2) is 5.50. The lowest BCUT2D eigenvalue weighted by Gasteiger charge is -2.09. The Morgan fingerprint density at radius 2 is 2.21 bits per heavy atom. The van der Waals surface area contributed by atoms with Crippen molar-refractivity contribution in [3.63, 3.8) is 0 Å². The van der Waals surface area contributed by atoms with Gasteiger partial charge in [0.2, 0.25) is 5.82 Å². The van der Waals surface area contributed by atoms with Gasteiger partial charge in [-0.05, 0) is 32.7 Å². The van der Waals surface area contributed by atoms with Crippen LogP contribution in [0.15, 0.2) is 6.20 Å². The van der Waals surface area contributed by atoms with E-state index in [2.05, 4.69) is 10.3 Å². The molecule has 0 aliphatic heterocycles. The van der Waals surface area contributed by atoms with E-state index in [1.54, 1.807) is 0 Å². The fraction of sp³-hybridized carbons (Fsp3) is 0.750. The molecule has 1 heterocycles. The van der Waals surface area contributed by atoms with E-state index in [9.17, 15) is 13.2 Å². The van der Waals surface area contributed by atoms with Crippen LogP contribution in [0.3, 0.4) is 0 Å². The standard InChI is InChI=1S/C12H19F3N4/c1-8(17-9-3-4-9)10-7-19(6-2-5-16)11(18-10)12(13,14)15/h7-9,17H,2-6,16H2,1H3/t8-/m0/s1. The van der Waals surface area contributed by atoms with Crippen LogP contribution in [0.1, 0.15) is 43.7 Å². The summed E-state index contributed by atoms with van der Waals surface area (Å²) in [4.78, 5) is 3.75. The number of nitrogens with zero attached hydrogens (tertiary/aromatic N) is 2. The molecule has 19 heavy (non-hydrogen) atoms. The van der Waals surface area contributed by atoms with E-state index in [0.29, 0.717) is 24.7 Å². The fourth-order valence-corrected chi connectivity index (χ4v) is 1.99. The smallest absolute Gasteiger partial charge is 0.330 e. The minimum absolute atomic E-state index is 0.160. The van der Waals surface area contributed by atoms with Crippen molar-refractivity contribution in [3.05, 3.63) is 17.7 Å². The summed E-state index contributed by atoms with van der Waals surface area (Å²) in [5.74, 6) is -0.833. The van der Waals surface area contributed by atoms with Gasteiger partial charge < -0.3 is 15.6 Å². The highest BCUT2D eigenvalue weighted by Gasteiger charge is 2.37. The molecule has 1 aliphatic carbocycles. The summed E-state index contributed by atoms with van der Waals surface area (Å²) < 4.78 is 39.8. The van der Waals surface area contributed by atoms with E-state index < -0.39 is 12.0 Å². The quantitative estimate of drug-likeness (QED) is 0.836. The number of rotatable bonds is 6. The predicted octanol–water partition coefficient (Wildman–Crippen LogP) is 2.06. The Morgan fingerprint density at radius 3 is 2.74 bits per heavy atom. The van der Waals surface area contributed by atoms with Crippen molar-refractivity contribution >= 4 is 0 Å². The van der Waals surface area contributed by atoms with Gasteiger partial charge in [0, 0.05) is 24.8 Å². The van der Waals surface area contributed by atoms with Crippen LogP contribution in [0.2, 0.25) is 0 Å². The molecule has 4 nitrogen and oxygen atoms in total. The van der Waals surface area contributed by atoms with Gasteiger partial charge in [-0.3, -0.25) is 0 Å². The molecule has 2 rings (SSSR count).